The molecule has 1 heterocycles. The molecule has 0 aliphatic carbocycles. The Morgan fingerprint density at radius 2 is 2.19 bits per heavy atom. The van der Waals surface area contributed by atoms with Gasteiger partial charge < -0.3 is 10.4 Å². The third kappa shape index (κ3) is 3.05. The van der Waals surface area contributed by atoms with E-state index in [1.165, 1.54) is 0 Å². The van der Waals surface area contributed by atoms with Crippen molar-refractivity contribution in [1.82, 2.24) is 10.3 Å². The van der Waals surface area contributed by atoms with Crippen molar-refractivity contribution in [2.24, 2.45) is 0 Å². The molecule has 0 amide bonds. The summed E-state index contributed by atoms with van der Waals surface area (Å²) >= 11 is 1.61. The van der Waals surface area contributed by atoms with Gasteiger partial charge in [0.2, 0.25) is 0 Å². The summed E-state index contributed by atoms with van der Waals surface area (Å²) in [6.07, 6.45) is 0.830. The summed E-state index contributed by atoms with van der Waals surface area (Å²) in [5.41, 5.74) is 3.88. The van der Waals surface area contributed by atoms with Gasteiger partial charge >= 0.3 is 0 Å². The number of benzene rings is 1. The van der Waals surface area contributed by atoms with Crippen LogP contribution in [-0.2, 0) is 13.0 Å². The van der Waals surface area contributed by atoms with E-state index in [4.69, 9.17) is 0 Å². The van der Waals surface area contributed by atoms with E-state index >= 15 is 0 Å². The normalized spacial score (nSPS) is 10.5. The largest absolute Gasteiger partial charge is 0.508 e. The molecule has 3 nitrogen and oxygen atoms in total. The molecule has 4 heteroatoms. The predicted molar refractivity (Wildman–Crippen MR) is 65.6 cm³/mol. The average molecular weight is 234 g/mol. The lowest BCUT2D eigenvalue weighted by Crippen LogP contribution is -2.16. The van der Waals surface area contributed by atoms with Crippen molar-refractivity contribution < 1.29 is 5.11 Å². The summed E-state index contributed by atoms with van der Waals surface area (Å²) in [6, 6.07) is 7.44. The first-order valence-electron chi connectivity index (χ1n) is 5.21. The maximum atomic E-state index is 9.56. The van der Waals surface area contributed by atoms with E-state index < -0.39 is 0 Å². The summed E-state index contributed by atoms with van der Waals surface area (Å²) in [7, 11) is 0. The lowest BCUT2D eigenvalue weighted by Gasteiger charge is -2.04. The van der Waals surface area contributed by atoms with E-state index in [0.717, 1.165) is 30.8 Å². The molecule has 0 saturated carbocycles. The molecule has 0 aliphatic rings. The van der Waals surface area contributed by atoms with Gasteiger partial charge in [-0.2, -0.15) is 0 Å². The second kappa shape index (κ2) is 5.63. The molecule has 0 bridgehead atoms. The predicted octanol–water partition coefficient (Wildman–Crippen LogP) is 2.18. The fourth-order valence-corrected chi connectivity index (χ4v) is 2.04. The van der Waals surface area contributed by atoms with Gasteiger partial charge in [-0.1, -0.05) is 18.2 Å². The van der Waals surface area contributed by atoms with Crippen molar-refractivity contribution in [1.29, 1.82) is 0 Å². The first kappa shape index (κ1) is 11.1. The standard InChI is InChI=1S/C12H14N2OS/c15-12-4-2-1-3-10(12)5-6-13-7-11-8-16-9-14-11/h1-4,8-9,13,15H,5-7H2. The Kier molecular flexibility index (Phi) is 3.91. The number of para-hydroxylation sites is 1. The quantitative estimate of drug-likeness (QED) is 0.779. The van der Waals surface area contributed by atoms with E-state index in [9.17, 15) is 5.11 Å². The SMILES string of the molecule is Oc1ccccc1CCNCc1cscn1. The van der Waals surface area contributed by atoms with Crippen LogP contribution in [0, 0.1) is 0 Å². The molecule has 2 rings (SSSR count). The molecular weight excluding hydrogens is 220 g/mol. The van der Waals surface area contributed by atoms with Crippen LogP contribution >= 0.6 is 11.3 Å². The Hall–Kier alpha value is -1.39. The number of aromatic nitrogens is 1. The van der Waals surface area contributed by atoms with Crippen LogP contribution in [0.2, 0.25) is 0 Å². The number of phenols is 1. The van der Waals surface area contributed by atoms with Gasteiger partial charge in [0.15, 0.2) is 0 Å². The molecule has 0 atom stereocenters. The molecule has 16 heavy (non-hydrogen) atoms. The topological polar surface area (TPSA) is 45.1 Å². The van der Waals surface area contributed by atoms with Crippen molar-refractivity contribution in [2.45, 2.75) is 13.0 Å². The van der Waals surface area contributed by atoms with E-state index in [2.05, 4.69) is 10.3 Å². The van der Waals surface area contributed by atoms with E-state index in [1.807, 2.05) is 29.1 Å². The Bertz CT molecular complexity index is 428. The number of nitrogens with one attached hydrogen (secondary N) is 1. The van der Waals surface area contributed by atoms with Gasteiger partial charge in [-0.05, 0) is 24.6 Å². The minimum Gasteiger partial charge on any atom is -0.508 e. The molecule has 0 radical (unpaired) electrons. The van der Waals surface area contributed by atoms with E-state index in [1.54, 1.807) is 17.4 Å². The first-order valence-corrected chi connectivity index (χ1v) is 6.15. The van der Waals surface area contributed by atoms with Crippen LogP contribution in [0.15, 0.2) is 35.2 Å². The molecule has 0 aliphatic heterocycles. The number of aromatic hydroxyl groups is 1. The minimum atomic E-state index is 0.373. The zero-order valence-corrected chi connectivity index (χ0v) is 9.70. The summed E-state index contributed by atoms with van der Waals surface area (Å²) < 4.78 is 0. The third-order valence-corrected chi connectivity index (χ3v) is 2.99. The summed E-state index contributed by atoms with van der Waals surface area (Å²) in [5.74, 6) is 0.373. The molecule has 2 N–H and O–H groups in total. The fraction of sp³-hybridized carbons (Fsp3) is 0.250. The van der Waals surface area contributed by atoms with Crippen LogP contribution in [0.3, 0.4) is 0 Å². The van der Waals surface area contributed by atoms with Crippen LogP contribution in [0.25, 0.3) is 0 Å². The van der Waals surface area contributed by atoms with E-state index in [-0.39, 0.29) is 0 Å². The summed E-state index contributed by atoms with van der Waals surface area (Å²) in [4.78, 5) is 4.18. The van der Waals surface area contributed by atoms with Crippen molar-refractivity contribution in [3.05, 3.63) is 46.4 Å². The molecule has 0 saturated heterocycles. The Morgan fingerprint density at radius 3 is 2.94 bits per heavy atom. The molecule has 0 unspecified atom stereocenters. The zero-order chi connectivity index (χ0) is 11.2. The van der Waals surface area contributed by atoms with Crippen LogP contribution in [0.4, 0.5) is 0 Å². The fourth-order valence-electron chi connectivity index (χ4n) is 1.49. The molecule has 84 valence electrons. The van der Waals surface area contributed by atoms with Crippen molar-refractivity contribution >= 4 is 11.3 Å². The highest BCUT2D eigenvalue weighted by Gasteiger charge is 1.99. The zero-order valence-electron chi connectivity index (χ0n) is 8.89. The van der Waals surface area contributed by atoms with Crippen LogP contribution in [-0.4, -0.2) is 16.6 Å². The van der Waals surface area contributed by atoms with Crippen LogP contribution < -0.4 is 5.32 Å². The molecule has 1 aromatic carbocycles. The Balaban J connectivity index is 1.74. The molecular formula is C12H14N2OS. The van der Waals surface area contributed by atoms with Crippen molar-refractivity contribution in [3.8, 4) is 5.75 Å². The number of thiazole rings is 1. The Labute approximate surface area is 98.8 Å². The molecule has 1 aromatic heterocycles. The smallest absolute Gasteiger partial charge is 0.118 e. The van der Waals surface area contributed by atoms with Gasteiger partial charge in [-0.15, -0.1) is 11.3 Å². The number of phenolic OH excluding ortho intramolecular Hbond substituents is 1. The van der Waals surface area contributed by atoms with Crippen molar-refractivity contribution in [3.63, 3.8) is 0 Å². The highest BCUT2D eigenvalue weighted by molar-refractivity contribution is 7.07. The number of hydrogen-bond donors (Lipinski definition) is 2. The minimum absolute atomic E-state index is 0.373. The maximum absolute atomic E-state index is 9.56. The van der Waals surface area contributed by atoms with Crippen LogP contribution in [0.1, 0.15) is 11.3 Å². The van der Waals surface area contributed by atoms with Gasteiger partial charge in [0.25, 0.3) is 0 Å². The lowest BCUT2D eigenvalue weighted by atomic mass is 10.1. The second-order valence-corrected chi connectivity index (χ2v) is 4.25. The maximum Gasteiger partial charge on any atom is 0.118 e. The summed E-state index contributed by atoms with van der Waals surface area (Å²) in [6.45, 7) is 1.63. The number of hydrogen-bond acceptors (Lipinski definition) is 4. The monoisotopic (exact) mass is 234 g/mol. The Morgan fingerprint density at radius 1 is 1.31 bits per heavy atom. The van der Waals surface area contributed by atoms with Crippen LogP contribution in [0.5, 0.6) is 5.75 Å². The second-order valence-electron chi connectivity index (χ2n) is 3.54. The highest BCUT2D eigenvalue weighted by Crippen LogP contribution is 2.15. The lowest BCUT2D eigenvalue weighted by molar-refractivity contribution is 0.467. The molecule has 0 spiro atoms. The van der Waals surface area contributed by atoms with Gasteiger partial charge in [0.1, 0.15) is 5.75 Å². The summed E-state index contributed by atoms with van der Waals surface area (Å²) in [5, 5.41) is 14.9. The van der Waals surface area contributed by atoms with Gasteiger partial charge in [0.05, 0.1) is 11.2 Å². The van der Waals surface area contributed by atoms with E-state index in [0.29, 0.717) is 5.75 Å². The van der Waals surface area contributed by atoms with Gasteiger partial charge in [-0.3, -0.25) is 0 Å². The highest BCUT2D eigenvalue weighted by atomic mass is 32.1. The molecule has 2 aromatic rings. The third-order valence-electron chi connectivity index (χ3n) is 2.35. The van der Waals surface area contributed by atoms with Crippen molar-refractivity contribution in [2.75, 3.05) is 6.54 Å². The number of nitrogens with zero attached hydrogens (tertiary/aromatic N) is 1. The first-order chi connectivity index (χ1) is 7.86. The number of rotatable bonds is 5. The molecule has 0 fully saturated rings. The van der Waals surface area contributed by atoms with Gasteiger partial charge in [-0.25, -0.2) is 4.98 Å². The average Bonchev–Trinajstić information content (AvgIpc) is 2.79. The van der Waals surface area contributed by atoms with Gasteiger partial charge in [0, 0.05) is 11.9 Å².